The monoisotopic (exact) mass is 394 g/mol. The molecule has 2 aromatic carbocycles. The Morgan fingerprint density at radius 1 is 1.10 bits per heavy atom. The first-order valence-corrected chi connectivity index (χ1v) is 10.1. The van der Waals surface area contributed by atoms with Gasteiger partial charge in [0.2, 0.25) is 0 Å². The maximum Gasteiger partial charge on any atom is 0.257 e. The van der Waals surface area contributed by atoms with E-state index in [1.807, 2.05) is 25.1 Å². The number of benzene rings is 2. The molecule has 0 radical (unpaired) electrons. The van der Waals surface area contributed by atoms with Gasteiger partial charge in [-0.1, -0.05) is 42.0 Å². The SMILES string of the molecule is Cc1cccc(C2=NN(C(=O)CN3CCN(C)CC3)[C@H](c3ccc(F)cc3)C2)c1. The van der Waals surface area contributed by atoms with E-state index in [1.165, 1.54) is 12.1 Å². The van der Waals surface area contributed by atoms with Crippen molar-refractivity contribution >= 4 is 11.6 Å². The average molecular weight is 394 g/mol. The molecule has 0 bridgehead atoms. The maximum atomic E-state index is 13.4. The number of amides is 1. The second-order valence-electron chi connectivity index (χ2n) is 8.01. The fourth-order valence-electron chi connectivity index (χ4n) is 3.95. The first kappa shape index (κ1) is 19.7. The molecule has 4 rings (SSSR count). The van der Waals surface area contributed by atoms with Gasteiger partial charge >= 0.3 is 0 Å². The quantitative estimate of drug-likeness (QED) is 0.800. The fourth-order valence-corrected chi connectivity index (χ4v) is 3.95. The Bertz CT molecular complexity index is 903. The van der Waals surface area contributed by atoms with Crippen LogP contribution in [0, 0.1) is 12.7 Å². The van der Waals surface area contributed by atoms with Crippen LogP contribution < -0.4 is 0 Å². The highest BCUT2D eigenvalue weighted by molar-refractivity contribution is 6.03. The Morgan fingerprint density at radius 3 is 2.52 bits per heavy atom. The predicted molar refractivity (Wildman–Crippen MR) is 112 cm³/mol. The Balaban J connectivity index is 1.58. The third-order valence-corrected chi connectivity index (χ3v) is 5.73. The summed E-state index contributed by atoms with van der Waals surface area (Å²) < 4.78 is 13.4. The minimum Gasteiger partial charge on any atom is -0.304 e. The van der Waals surface area contributed by atoms with Gasteiger partial charge in [0.1, 0.15) is 5.82 Å². The smallest absolute Gasteiger partial charge is 0.257 e. The minimum absolute atomic E-state index is 0.00784. The van der Waals surface area contributed by atoms with Crippen LogP contribution in [0.4, 0.5) is 4.39 Å². The van der Waals surface area contributed by atoms with Crippen molar-refractivity contribution in [2.24, 2.45) is 5.10 Å². The zero-order chi connectivity index (χ0) is 20.4. The molecule has 2 aliphatic rings. The van der Waals surface area contributed by atoms with Crippen molar-refractivity contribution in [2.45, 2.75) is 19.4 Å². The van der Waals surface area contributed by atoms with Crippen molar-refractivity contribution in [3.05, 3.63) is 71.0 Å². The van der Waals surface area contributed by atoms with E-state index in [1.54, 1.807) is 17.1 Å². The van der Waals surface area contributed by atoms with Crippen LogP contribution in [0.5, 0.6) is 0 Å². The highest BCUT2D eigenvalue weighted by Crippen LogP contribution is 2.33. The van der Waals surface area contributed by atoms with Gasteiger partial charge in [-0.2, -0.15) is 5.10 Å². The van der Waals surface area contributed by atoms with E-state index in [9.17, 15) is 9.18 Å². The number of hydrogen-bond acceptors (Lipinski definition) is 4. The van der Waals surface area contributed by atoms with Crippen molar-refractivity contribution in [1.82, 2.24) is 14.8 Å². The van der Waals surface area contributed by atoms with Crippen molar-refractivity contribution in [3.8, 4) is 0 Å². The van der Waals surface area contributed by atoms with Gasteiger partial charge in [-0.15, -0.1) is 0 Å². The lowest BCUT2D eigenvalue weighted by atomic mass is 9.97. The molecule has 5 nitrogen and oxygen atoms in total. The minimum atomic E-state index is -0.276. The van der Waals surface area contributed by atoms with Gasteiger partial charge in [0.25, 0.3) is 5.91 Å². The van der Waals surface area contributed by atoms with Crippen LogP contribution >= 0.6 is 0 Å². The molecule has 152 valence electrons. The van der Waals surface area contributed by atoms with Crippen LogP contribution in [0.15, 0.2) is 53.6 Å². The molecule has 1 saturated heterocycles. The number of piperazine rings is 1. The zero-order valence-corrected chi connectivity index (χ0v) is 17.0. The highest BCUT2D eigenvalue weighted by atomic mass is 19.1. The first-order chi connectivity index (χ1) is 14.0. The number of hydrazone groups is 1. The van der Waals surface area contributed by atoms with Crippen LogP contribution in [0.1, 0.15) is 29.2 Å². The molecule has 0 aliphatic carbocycles. The summed E-state index contributed by atoms with van der Waals surface area (Å²) in [4.78, 5) is 17.6. The molecule has 1 atom stereocenters. The van der Waals surface area contributed by atoms with Crippen LogP contribution in [0.3, 0.4) is 0 Å². The van der Waals surface area contributed by atoms with Gasteiger partial charge in [-0.25, -0.2) is 9.40 Å². The van der Waals surface area contributed by atoms with E-state index in [-0.39, 0.29) is 17.8 Å². The van der Waals surface area contributed by atoms with Gasteiger partial charge in [0, 0.05) is 32.6 Å². The van der Waals surface area contributed by atoms with Crippen LogP contribution in [-0.2, 0) is 4.79 Å². The fraction of sp³-hybridized carbons (Fsp3) is 0.391. The van der Waals surface area contributed by atoms with E-state index in [0.29, 0.717) is 13.0 Å². The summed E-state index contributed by atoms with van der Waals surface area (Å²) in [6, 6.07) is 14.4. The summed E-state index contributed by atoms with van der Waals surface area (Å²) in [5.41, 5.74) is 4.00. The molecule has 1 amide bonds. The standard InChI is InChI=1S/C23H27FN4O/c1-17-4-3-5-19(14-17)21-15-22(18-6-8-20(24)9-7-18)28(25-21)23(29)16-27-12-10-26(2)11-13-27/h3-9,14,22H,10-13,15-16H2,1-2H3/t22-/m0/s1. The molecule has 2 heterocycles. The summed E-state index contributed by atoms with van der Waals surface area (Å²) >= 11 is 0. The molecular weight excluding hydrogens is 367 g/mol. The third-order valence-electron chi connectivity index (χ3n) is 5.73. The summed E-state index contributed by atoms with van der Waals surface area (Å²) in [6.07, 6.45) is 0.629. The summed E-state index contributed by atoms with van der Waals surface area (Å²) in [5, 5.41) is 6.34. The number of aryl methyl sites for hydroxylation is 1. The predicted octanol–water partition coefficient (Wildman–Crippen LogP) is 3.06. The lowest BCUT2D eigenvalue weighted by molar-refractivity contribution is -0.134. The average Bonchev–Trinajstić information content (AvgIpc) is 3.16. The molecule has 0 aromatic heterocycles. The van der Waals surface area contributed by atoms with Crippen molar-refractivity contribution in [2.75, 3.05) is 39.8 Å². The topological polar surface area (TPSA) is 39.2 Å². The molecule has 0 unspecified atom stereocenters. The molecule has 29 heavy (non-hydrogen) atoms. The van der Waals surface area contributed by atoms with Gasteiger partial charge in [-0.3, -0.25) is 9.69 Å². The van der Waals surface area contributed by atoms with Gasteiger partial charge < -0.3 is 4.90 Å². The third kappa shape index (κ3) is 4.54. The molecule has 0 saturated carbocycles. The van der Waals surface area contributed by atoms with E-state index >= 15 is 0 Å². The number of nitrogens with zero attached hydrogens (tertiary/aromatic N) is 4. The van der Waals surface area contributed by atoms with Crippen LogP contribution in [0.25, 0.3) is 0 Å². The molecular formula is C23H27FN4O. The maximum absolute atomic E-state index is 13.4. The molecule has 0 N–H and O–H groups in total. The summed E-state index contributed by atoms with van der Waals surface area (Å²) in [5.74, 6) is -0.284. The van der Waals surface area contributed by atoms with E-state index < -0.39 is 0 Å². The molecule has 2 aromatic rings. The van der Waals surface area contributed by atoms with Crippen LogP contribution in [0.2, 0.25) is 0 Å². The van der Waals surface area contributed by atoms with E-state index in [4.69, 9.17) is 5.10 Å². The van der Waals surface area contributed by atoms with Gasteiger partial charge in [0.15, 0.2) is 0 Å². The Hall–Kier alpha value is -2.57. The number of likely N-dealkylation sites (N-methyl/N-ethyl adjacent to an activating group) is 1. The Morgan fingerprint density at radius 2 is 1.83 bits per heavy atom. The molecule has 6 heteroatoms. The largest absolute Gasteiger partial charge is 0.304 e. The number of rotatable bonds is 4. The highest BCUT2D eigenvalue weighted by Gasteiger charge is 2.34. The van der Waals surface area contributed by atoms with Crippen molar-refractivity contribution in [3.63, 3.8) is 0 Å². The van der Waals surface area contributed by atoms with Crippen molar-refractivity contribution in [1.29, 1.82) is 0 Å². The second kappa shape index (κ2) is 8.43. The van der Waals surface area contributed by atoms with E-state index in [0.717, 1.165) is 48.6 Å². The Labute approximate surface area is 171 Å². The number of halogens is 1. The van der Waals surface area contributed by atoms with Gasteiger partial charge in [-0.05, 0) is 37.2 Å². The lowest BCUT2D eigenvalue weighted by Crippen LogP contribution is -2.48. The Kier molecular flexibility index (Phi) is 5.74. The van der Waals surface area contributed by atoms with Gasteiger partial charge in [0.05, 0.1) is 18.3 Å². The van der Waals surface area contributed by atoms with Crippen molar-refractivity contribution < 1.29 is 9.18 Å². The summed E-state index contributed by atoms with van der Waals surface area (Å²) in [6.45, 7) is 6.10. The number of hydrogen-bond donors (Lipinski definition) is 0. The first-order valence-electron chi connectivity index (χ1n) is 10.1. The number of carbonyl (C=O) groups is 1. The lowest BCUT2D eigenvalue weighted by Gasteiger charge is -2.33. The molecule has 1 fully saturated rings. The normalized spacial score (nSPS) is 20.7. The molecule has 0 spiro atoms. The molecule has 2 aliphatic heterocycles. The van der Waals surface area contributed by atoms with E-state index in [2.05, 4.69) is 22.9 Å². The number of carbonyl (C=O) groups excluding carboxylic acids is 1. The summed E-state index contributed by atoms with van der Waals surface area (Å²) in [7, 11) is 2.10. The second-order valence-corrected chi connectivity index (χ2v) is 8.01. The van der Waals surface area contributed by atoms with Crippen LogP contribution in [-0.4, -0.2) is 66.2 Å². The zero-order valence-electron chi connectivity index (χ0n) is 17.0.